The van der Waals surface area contributed by atoms with Gasteiger partial charge in [0.25, 0.3) is 0 Å². The Morgan fingerprint density at radius 3 is 2.48 bits per heavy atom. The topological polar surface area (TPSA) is 45.6 Å². The number of pyridine rings is 1. The summed E-state index contributed by atoms with van der Waals surface area (Å²) >= 11 is 0. The van der Waals surface area contributed by atoms with Gasteiger partial charge in [0.15, 0.2) is 0 Å². The molecule has 2 aromatic rings. The van der Waals surface area contributed by atoms with E-state index in [0.29, 0.717) is 18.7 Å². The van der Waals surface area contributed by atoms with Crippen LogP contribution in [0, 0.1) is 0 Å². The molecule has 4 rings (SSSR count). The minimum atomic E-state index is -0.411. The Kier molecular flexibility index (Phi) is 5.26. The normalized spacial score (nSPS) is 16.8. The second-order valence-electron chi connectivity index (χ2n) is 7.31. The van der Waals surface area contributed by atoms with Gasteiger partial charge in [-0.15, -0.1) is 0 Å². The number of aliphatic hydroxyl groups is 1. The first-order chi connectivity index (χ1) is 13.2. The summed E-state index contributed by atoms with van der Waals surface area (Å²) in [6.07, 6.45) is 11.2. The molecule has 1 unspecified atom stereocenters. The van der Waals surface area contributed by atoms with Gasteiger partial charge in [0, 0.05) is 37.5 Å². The van der Waals surface area contributed by atoms with Crippen molar-refractivity contribution >= 4 is 0 Å². The number of aromatic nitrogens is 1. The molecule has 0 saturated heterocycles. The molecule has 0 spiro atoms. The van der Waals surface area contributed by atoms with E-state index in [0.717, 1.165) is 31.5 Å². The molecule has 0 radical (unpaired) electrons. The smallest absolute Gasteiger partial charge is 0.212 e. The van der Waals surface area contributed by atoms with Crippen molar-refractivity contribution in [2.24, 2.45) is 0 Å². The third-order valence-corrected chi connectivity index (χ3v) is 5.42. The first kappa shape index (κ1) is 17.8. The molecule has 0 amide bonds. The molecule has 1 aliphatic heterocycles. The number of allylic oxidation sites excluding steroid dienone is 3. The monoisotopic (exact) mass is 362 g/mol. The van der Waals surface area contributed by atoms with Crippen molar-refractivity contribution in [3.63, 3.8) is 0 Å². The highest BCUT2D eigenvalue weighted by Crippen LogP contribution is 2.23. The lowest BCUT2D eigenvalue weighted by molar-refractivity contribution is 0.175. The number of rotatable bonds is 6. The number of benzene rings is 1. The van der Waals surface area contributed by atoms with Crippen LogP contribution >= 0.6 is 0 Å². The molecule has 1 aliphatic carbocycles. The van der Waals surface area contributed by atoms with Gasteiger partial charge in [0.1, 0.15) is 0 Å². The van der Waals surface area contributed by atoms with Crippen molar-refractivity contribution in [3.05, 3.63) is 82.7 Å². The largest absolute Gasteiger partial charge is 0.481 e. The molecule has 4 nitrogen and oxygen atoms in total. The molecule has 0 saturated carbocycles. The molecule has 27 heavy (non-hydrogen) atoms. The zero-order valence-corrected chi connectivity index (χ0v) is 15.8. The van der Waals surface area contributed by atoms with Crippen LogP contribution in [0.4, 0.5) is 0 Å². The summed E-state index contributed by atoms with van der Waals surface area (Å²) in [6.45, 7) is 2.14. The minimum absolute atomic E-state index is 0.411. The number of fused-ring (bicyclic) bond motifs is 1. The number of nitrogens with zero attached hydrogens (tertiary/aromatic N) is 2. The van der Waals surface area contributed by atoms with E-state index in [4.69, 9.17) is 4.74 Å². The summed E-state index contributed by atoms with van der Waals surface area (Å²) < 4.78 is 5.08. The third-order valence-electron chi connectivity index (χ3n) is 5.42. The molecule has 2 heterocycles. The van der Waals surface area contributed by atoms with Crippen molar-refractivity contribution in [1.29, 1.82) is 0 Å². The molecule has 140 valence electrons. The van der Waals surface area contributed by atoms with E-state index in [-0.39, 0.29) is 0 Å². The van der Waals surface area contributed by atoms with E-state index in [1.54, 1.807) is 13.3 Å². The minimum Gasteiger partial charge on any atom is -0.481 e. The zero-order valence-electron chi connectivity index (χ0n) is 15.8. The zero-order chi connectivity index (χ0) is 18.6. The number of ether oxygens (including phenoxy) is 1. The van der Waals surface area contributed by atoms with Crippen LogP contribution in [0.5, 0.6) is 5.88 Å². The van der Waals surface area contributed by atoms with Crippen LogP contribution < -0.4 is 4.74 Å². The summed E-state index contributed by atoms with van der Waals surface area (Å²) in [4.78, 5) is 6.67. The number of methoxy groups -OCH3 is 1. The average molecular weight is 362 g/mol. The van der Waals surface area contributed by atoms with Gasteiger partial charge in [0.05, 0.1) is 13.2 Å². The SMILES string of the molecule is COc1ccc(CC(O)Cc2ccc3c(c2)CCN(C2=CC=C2)CC3)cn1. The van der Waals surface area contributed by atoms with Crippen molar-refractivity contribution in [1.82, 2.24) is 9.88 Å². The Morgan fingerprint density at radius 1 is 1.07 bits per heavy atom. The quantitative estimate of drug-likeness (QED) is 0.858. The lowest BCUT2D eigenvalue weighted by Crippen LogP contribution is -2.26. The molecule has 1 aromatic heterocycles. The van der Waals surface area contributed by atoms with Crippen LogP contribution in [-0.2, 0) is 25.7 Å². The second-order valence-corrected chi connectivity index (χ2v) is 7.31. The van der Waals surface area contributed by atoms with Gasteiger partial charge in [-0.25, -0.2) is 4.98 Å². The van der Waals surface area contributed by atoms with Crippen molar-refractivity contribution in [2.45, 2.75) is 31.8 Å². The van der Waals surface area contributed by atoms with Gasteiger partial charge in [-0.1, -0.05) is 30.3 Å². The molecule has 1 N–H and O–H groups in total. The number of hydrogen-bond acceptors (Lipinski definition) is 4. The van der Waals surface area contributed by atoms with Crippen LogP contribution in [0.3, 0.4) is 0 Å². The summed E-state index contributed by atoms with van der Waals surface area (Å²) in [5, 5.41) is 10.5. The van der Waals surface area contributed by atoms with E-state index < -0.39 is 6.10 Å². The summed E-state index contributed by atoms with van der Waals surface area (Å²) in [7, 11) is 1.61. The van der Waals surface area contributed by atoms with Gasteiger partial charge < -0.3 is 14.7 Å². The third kappa shape index (κ3) is 4.22. The highest BCUT2D eigenvalue weighted by molar-refractivity contribution is 5.37. The van der Waals surface area contributed by atoms with Gasteiger partial charge >= 0.3 is 0 Å². The van der Waals surface area contributed by atoms with Crippen LogP contribution in [0.25, 0.3) is 0 Å². The van der Waals surface area contributed by atoms with Crippen molar-refractivity contribution in [2.75, 3.05) is 20.2 Å². The standard InChI is InChI=1S/C23H26N2O2/c1-27-23-8-6-18(16-24-23)15-22(26)14-17-5-7-19-9-11-25(21-3-2-4-21)12-10-20(19)13-17/h2-8,13,16,22,26H,9-12,14-15H2,1H3. The Labute approximate surface area is 160 Å². The average Bonchev–Trinajstić information content (AvgIpc) is 2.83. The van der Waals surface area contributed by atoms with Gasteiger partial charge in [-0.2, -0.15) is 0 Å². The lowest BCUT2D eigenvalue weighted by atomic mass is 9.96. The predicted molar refractivity (Wildman–Crippen MR) is 107 cm³/mol. The first-order valence-corrected chi connectivity index (χ1v) is 9.62. The number of hydrogen-bond donors (Lipinski definition) is 1. The van der Waals surface area contributed by atoms with E-state index in [1.807, 2.05) is 12.1 Å². The van der Waals surface area contributed by atoms with Gasteiger partial charge in [0.2, 0.25) is 5.88 Å². The maximum Gasteiger partial charge on any atom is 0.212 e. The van der Waals surface area contributed by atoms with E-state index >= 15 is 0 Å². The highest BCUT2D eigenvalue weighted by atomic mass is 16.5. The molecule has 1 atom stereocenters. The Hall–Kier alpha value is -2.59. The van der Waals surface area contributed by atoms with Crippen LogP contribution in [0.2, 0.25) is 0 Å². The molecule has 2 aliphatic rings. The van der Waals surface area contributed by atoms with Crippen molar-refractivity contribution < 1.29 is 9.84 Å². The van der Waals surface area contributed by atoms with E-state index in [9.17, 15) is 5.11 Å². The van der Waals surface area contributed by atoms with Crippen LogP contribution in [0.15, 0.2) is 60.5 Å². The maximum absolute atomic E-state index is 10.5. The summed E-state index contributed by atoms with van der Waals surface area (Å²) in [6, 6.07) is 10.5. The molecule has 0 fully saturated rings. The lowest BCUT2D eigenvalue weighted by Gasteiger charge is -2.26. The molecule has 4 heteroatoms. The Bertz CT molecular complexity index is 855. The highest BCUT2D eigenvalue weighted by Gasteiger charge is 2.17. The Morgan fingerprint density at radius 2 is 1.81 bits per heavy atom. The fourth-order valence-corrected chi connectivity index (χ4v) is 3.83. The fraction of sp³-hybridized carbons (Fsp3) is 0.348. The van der Waals surface area contributed by atoms with E-state index in [2.05, 4.69) is 46.3 Å². The van der Waals surface area contributed by atoms with Crippen LogP contribution in [0.1, 0.15) is 22.3 Å². The predicted octanol–water partition coefficient (Wildman–Crippen LogP) is 3.09. The second kappa shape index (κ2) is 7.97. The van der Waals surface area contributed by atoms with E-state index in [1.165, 1.54) is 22.4 Å². The fourth-order valence-electron chi connectivity index (χ4n) is 3.83. The van der Waals surface area contributed by atoms with Gasteiger partial charge in [-0.05, 0) is 53.7 Å². The maximum atomic E-state index is 10.5. The van der Waals surface area contributed by atoms with Gasteiger partial charge in [-0.3, -0.25) is 0 Å². The van der Waals surface area contributed by atoms with Crippen LogP contribution in [-0.4, -0.2) is 41.3 Å². The first-order valence-electron chi connectivity index (χ1n) is 9.62. The molecular formula is C23H26N2O2. The van der Waals surface area contributed by atoms with Crippen molar-refractivity contribution in [3.8, 4) is 5.88 Å². The molecule has 1 aromatic carbocycles. The Balaban J connectivity index is 1.37. The summed E-state index contributed by atoms with van der Waals surface area (Å²) in [5.41, 5.74) is 6.46. The summed E-state index contributed by atoms with van der Waals surface area (Å²) in [5.74, 6) is 0.598. The number of aliphatic hydroxyl groups excluding tert-OH is 1. The molecular weight excluding hydrogens is 336 g/mol. The molecule has 0 bridgehead atoms.